The van der Waals surface area contributed by atoms with Crippen LogP contribution in [0.2, 0.25) is 10.0 Å². The van der Waals surface area contributed by atoms with Crippen LogP contribution in [-0.4, -0.2) is 16.8 Å². The fourth-order valence-electron chi connectivity index (χ4n) is 3.00. The van der Waals surface area contributed by atoms with Crippen LogP contribution in [0.4, 0.5) is 11.4 Å². The highest BCUT2D eigenvalue weighted by Gasteiger charge is 2.18. The minimum atomic E-state index is -3.96. The first-order valence-electron chi connectivity index (χ1n) is 10.1. The lowest BCUT2D eigenvalue weighted by Crippen LogP contribution is -2.14. The number of halogens is 2. The van der Waals surface area contributed by atoms with Crippen LogP contribution in [-0.2, 0) is 20.0 Å². The number of hydrogen-bond acceptors (Lipinski definition) is 5. The van der Waals surface area contributed by atoms with Gasteiger partial charge in [-0.25, -0.2) is 16.8 Å². The molecule has 4 rings (SSSR count). The SMILES string of the molecule is O=S(=O)(Nc1ccc(S(=O)(=O)Nc2ccc(Cl)cc2Cl)cc1)c1ccc(Oc2ccccc2)cc1. The van der Waals surface area contributed by atoms with Crippen molar-refractivity contribution in [1.29, 1.82) is 0 Å². The van der Waals surface area contributed by atoms with Crippen LogP contribution in [0.1, 0.15) is 0 Å². The zero-order valence-electron chi connectivity index (χ0n) is 17.9. The molecule has 0 saturated heterocycles. The number of hydrogen-bond donors (Lipinski definition) is 2. The zero-order chi connectivity index (χ0) is 25.1. The molecule has 0 heterocycles. The summed E-state index contributed by atoms with van der Waals surface area (Å²) >= 11 is 11.9. The van der Waals surface area contributed by atoms with Gasteiger partial charge in [-0.2, -0.15) is 0 Å². The molecule has 4 aromatic carbocycles. The Labute approximate surface area is 213 Å². The van der Waals surface area contributed by atoms with Gasteiger partial charge in [-0.15, -0.1) is 0 Å². The van der Waals surface area contributed by atoms with E-state index in [-0.39, 0.29) is 26.2 Å². The summed E-state index contributed by atoms with van der Waals surface area (Å²) in [7, 11) is -7.87. The van der Waals surface area contributed by atoms with Crippen molar-refractivity contribution in [2.75, 3.05) is 9.44 Å². The number of benzene rings is 4. The molecule has 4 aromatic rings. The molecule has 11 heteroatoms. The van der Waals surface area contributed by atoms with Crippen LogP contribution in [0.25, 0.3) is 0 Å². The average Bonchev–Trinajstić information content (AvgIpc) is 2.82. The lowest BCUT2D eigenvalue weighted by Gasteiger charge is -2.12. The van der Waals surface area contributed by atoms with Crippen molar-refractivity contribution in [3.63, 3.8) is 0 Å². The molecule has 0 bridgehead atoms. The maximum absolute atomic E-state index is 12.8. The third-order valence-electron chi connectivity index (χ3n) is 4.71. The Morgan fingerprint density at radius 1 is 0.600 bits per heavy atom. The predicted molar refractivity (Wildman–Crippen MR) is 137 cm³/mol. The highest BCUT2D eigenvalue weighted by molar-refractivity contribution is 7.93. The molecule has 180 valence electrons. The minimum absolute atomic E-state index is 0.0219. The van der Waals surface area contributed by atoms with E-state index in [4.69, 9.17) is 27.9 Å². The highest BCUT2D eigenvalue weighted by Crippen LogP contribution is 2.28. The van der Waals surface area contributed by atoms with Crippen LogP contribution >= 0.6 is 23.2 Å². The van der Waals surface area contributed by atoms with Gasteiger partial charge in [-0.3, -0.25) is 9.44 Å². The smallest absolute Gasteiger partial charge is 0.261 e. The molecular formula is C24H18Cl2N2O5S2. The molecule has 0 radical (unpaired) electrons. The normalized spacial score (nSPS) is 11.6. The Kier molecular flexibility index (Phi) is 7.23. The third kappa shape index (κ3) is 6.26. The summed E-state index contributed by atoms with van der Waals surface area (Å²) in [5.74, 6) is 1.11. The van der Waals surface area contributed by atoms with E-state index in [2.05, 4.69) is 9.44 Å². The monoisotopic (exact) mass is 548 g/mol. The van der Waals surface area contributed by atoms with E-state index in [0.29, 0.717) is 16.5 Å². The van der Waals surface area contributed by atoms with Gasteiger partial charge in [0.1, 0.15) is 11.5 Å². The molecule has 0 aliphatic carbocycles. The molecule has 0 aromatic heterocycles. The van der Waals surface area contributed by atoms with Gasteiger partial charge in [0, 0.05) is 10.7 Å². The molecule has 0 aliphatic heterocycles. The molecule has 0 unspecified atom stereocenters. The van der Waals surface area contributed by atoms with Crippen molar-refractivity contribution >= 4 is 54.6 Å². The van der Waals surface area contributed by atoms with Gasteiger partial charge in [-0.1, -0.05) is 41.4 Å². The minimum Gasteiger partial charge on any atom is -0.457 e. The lowest BCUT2D eigenvalue weighted by molar-refractivity contribution is 0.482. The Morgan fingerprint density at radius 3 is 1.74 bits per heavy atom. The molecular weight excluding hydrogens is 531 g/mol. The molecule has 0 aliphatic rings. The molecule has 0 amide bonds. The van der Waals surface area contributed by atoms with E-state index < -0.39 is 20.0 Å². The number of ether oxygens (including phenoxy) is 1. The number of rotatable bonds is 8. The van der Waals surface area contributed by atoms with Crippen molar-refractivity contribution < 1.29 is 21.6 Å². The summed E-state index contributed by atoms with van der Waals surface area (Å²) in [5, 5.41) is 0.513. The van der Waals surface area contributed by atoms with Gasteiger partial charge in [0.2, 0.25) is 0 Å². The summed E-state index contributed by atoms with van der Waals surface area (Å²) in [4.78, 5) is -0.0532. The second-order valence-electron chi connectivity index (χ2n) is 7.25. The van der Waals surface area contributed by atoms with Gasteiger partial charge < -0.3 is 4.74 Å². The molecule has 0 saturated carbocycles. The quantitative estimate of drug-likeness (QED) is 0.265. The Bertz CT molecular complexity index is 1540. The summed E-state index contributed by atoms with van der Waals surface area (Å²) < 4.78 is 61.3. The van der Waals surface area contributed by atoms with Crippen molar-refractivity contribution in [2.45, 2.75) is 9.79 Å². The van der Waals surface area contributed by atoms with Crippen LogP contribution in [0, 0.1) is 0 Å². The molecule has 0 spiro atoms. The van der Waals surface area contributed by atoms with Gasteiger partial charge in [0.05, 0.1) is 20.5 Å². The Morgan fingerprint density at radius 2 is 1.14 bits per heavy atom. The zero-order valence-corrected chi connectivity index (χ0v) is 21.0. The van der Waals surface area contributed by atoms with E-state index in [1.807, 2.05) is 18.2 Å². The van der Waals surface area contributed by atoms with Crippen molar-refractivity contribution in [3.8, 4) is 11.5 Å². The Balaban J connectivity index is 1.45. The fraction of sp³-hybridized carbons (Fsp3) is 0. The van der Waals surface area contributed by atoms with Crippen molar-refractivity contribution in [2.24, 2.45) is 0 Å². The number of para-hydroxylation sites is 1. The van der Waals surface area contributed by atoms with Gasteiger partial charge in [0.15, 0.2) is 0 Å². The van der Waals surface area contributed by atoms with Crippen molar-refractivity contribution in [3.05, 3.63) is 107 Å². The van der Waals surface area contributed by atoms with Crippen LogP contribution in [0.5, 0.6) is 11.5 Å². The summed E-state index contributed by atoms with van der Waals surface area (Å²) in [6.07, 6.45) is 0. The van der Waals surface area contributed by atoms with E-state index in [1.165, 1.54) is 54.6 Å². The number of sulfonamides is 2. The van der Waals surface area contributed by atoms with Gasteiger partial charge in [0.25, 0.3) is 20.0 Å². The molecule has 0 fully saturated rings. The molecule has 7 nitrogen and oxygen atoms in total. The van der Waals surface area contributed by atoms with E-state index in [0.717, 1.165) is 0 Å². The molecule has 0 atom stereocenters. The van der Waals surface area contributed by atoms with Crippen LogP contribution < -0.4 is 14.2 Å². The second kappa shape index (κ2) is 10.2. The van der Waals surface area contributed by atoms with Crippen LogP contribution in [0.3, 0.4) is 0 Å². The number of nitrogens with one attached hydrogen (secondary N) is 2. The lowest BCUT2D eigenvalue weighted by atomic mass is 10.3. The third-order valence-corrected chi connectivity index (χ3v) is 8.03. The first-order chi connectivity index (χ1) is 16.6. The maximum Gasteiger partial charge on any atom is 0.261 e. The number of anilines is 2. The van der Waals surface area contributed by atoms with Crippen LogP contribution in [0.15, 0.2) is 107 Å². The van der Waals surface area contributed by atoms with Gasteiger partial charge >= 0.3 is 0 Å². The molecule has 35 heavy (non-hydrogen) atoms. The summed E-state index contributed by atoms with van der Waals surface area (Å²) in [6, 6.07) is 24.6. The fourth-order valence-corrected chi connectivity index (χ4v) is 5.65. The largest absolute Gasteiger partial charge is 0.457 e. The second-order valence-corrected chi connectivity index (χ2v) is 11.5. The van der Waals surface area contributed by atoms with E-state index in [1.54, 1.807) is 24.3 Å². The summed E-state index contributed by atoms with van der Waals surface area (Å²) in [5.41, 5.74) is 0.360. The average molecular weight is 549 g/mol. The first kappa shape index (κ1) is 24.9. The standard InChI is InChI=1S/C24H18Cl2N2O5S2/c25-17-6-15-24(23(26)16-17)28-35(31,32)21-11-7-18(8-12-21)27-34(29,30)22-13-9-20(10-14-22)33-19-4-2-1-3-5-19/h1-16,27-28H. The predicted octanol–water partition coefficient (Wildman–Crippen LogP) is 6.39. The van der Waals surface area contributed by atoms with E-state index >= 15 is 0 Å². The Hall–Kier alpha value is -3.24. The van der Waals surface area contributed by atoms with Gasteiger partial charge in [-0.05, 0) is 78.9 Å². The molecule has 2 N–H and O–H groups in total. The topological polar surface area (TPSA) is 102 Å². The van der Waals surface area contributed by atoms with E-state index in [9.17, 15) is 16.8 Å². The first-order valence-corrected chi connectivity index (χ1v) is 13.8. The highest BCUT2D eigenvalue weighted by atomic mass is 35.5. The summed E-state index contributed by atoms with van der Waals surface area (Å²) in [6.45, 7) is 0. The van der Waals surface area contributed by atoms with Crippen molar-refractivity contribution in [1.82, 2.24) is 0 Å². The maximum atomic E-state index is 12.8.